The average molecular weight is 420 g/mol. The molecule has 0 bridgehead atoms. The number of hydrogen-bond donors (Lipinski definition) is 5. The van der Waals surface area contributed by atoms with Crippen LogP contribution in [0.25, 0.3) is 0 Å². The number of ether oxygens (including phenoxy) is 2. The number of aliphatic hydroxyl groups is 2. The van der Waals surface area contributed by atoms with E-state index < -0.39 is 35.8 Å². The van der Waals surface area contributed by atoms with Crippen LogP contribution in [-0.4, -0.2) is 52.2 Å². The zero-order valence-electron chi connectivity index (χ0n) is 16.7. The zero-order valence-corrected chi connectivity index (χ0v) is 16.7. The Bertz CT molecular complexity index is 837. The van der Waals surface area contributed by atoms with Gasteiger partial charge in [0.25, 0.3) is 5.91 Å². The fourth-order valence-electron chi connectivity index (χ4n) is 4.93. The second-order valence-electron chi connectivity index (χ2n) is 8.45. The fraction of sp³-hybridized carbons (Fsp3) is 0.619. The van der Waals surface area contributed by atoms with Crippen molar-refractivity contribution < 1.29 is 34.4 Å². The molecule has 1 aliphatic heterocycles. The van der Waals surface area contributed by atoms with Crippen molar-refractivity contribution in [1.29, 1.82) is 0 Å². The van der Waals surface area contributed by atoms with Crippen LogP contribution in [0.1, 0.15) is 66.8 Å². The van der Waals surface area contributed by atoms with Crippen LogP contribution in [0, 0.1) is 5.92 Å². The molecule has 3 aliphatic rings. The van der Waals surface area contributed by atoms with E-state index >= 15 is 0 Å². The molecule has 1 heterocycles. The molecule has 0 saturated heterocycles. The number of carbonyl (C=O) groups excluding carboxylic acids is 2. The van der Waals surface area contributed by atoms with Gasteiger partial charge >= 0.3 is 0 Å². The van der Waals surface area contributed by atoms with E-state index in [4.69, 9.17) is 15.2 Å². The summed E-state index contributed by atoms with van der Waals surface area (Å²) in [5, 5.41) is 34.1. The fourth-order valence-corrected chi connectivity index (χ4v) is 4.93. The van der Waals surface area contributed by atoms with Gasteiger partial charge in [0, 0.05) is 17.9 Å². The molecule has 0 aromatic heterocycles. The van der Waals surface area contributed by atoms with E-state index in [2.05, 4.69) is 5.32 Å². The molecule has 9 nitrogen and oxygen atoms in total. The standard InChI is InChI=1S/C21H28N2O7/c22-20(27)17-12(7-16-19(18(17)26)30-9-29-16)11-6-14(24)15(25)8-13(11)23-21(28)10-4-2-1-3-5-10/h7,10-11,13-15,24-26H,1-6,8-9H2,(H2,22,27)(H,23,28)/t11?,13?,14-,15?/m0/s1. The van der Waals surface area contributed by atoms with Crippen molar-refractivity contribution in [3.63, 3.8) is 0 Å². The largest absolute Gasteiger partial charge is 0.504 e. The maximum absolute atomic E-state index is 12.9. The van der Waals surface area contributed by atoms with Gasteiger partial charge in [0.2, 0.25) is 18.4 Å². The summed E-state index contributed by atoms with van der Waals surface area (Å²) in [4.78, 5) is 25.0. The van der Waals surface area contributed by atoms with E-state index in [1.165, 1.54) is 0 Å². The summed E-state index contributed by atoms with van der Waals surface area (Å²) in [5.74, 6) is -1.65. The number of phenols is 1. The Morgan fingerprint density at radius 2 is 1.77 bits per heavy atom. The molecular weight excluding hydrogens is 392 g/mol. The lowest BCUT2D eigenvalue weighted by Gasteiger charge is -2.39. The van der Waals surface area contributed by atoms with Gasteiger partial charge in [0.15, 0.2) is 11.5 Å². The third-order valence-corrected chi connectivity index (χ3v) is 6.54. The van der Waals surface area contributed by atoms with E-state index in [1.807, 2.05) is 0 Å². The van der Waals surface area contributed by atoms with Crippen molar-refractivity contribution in [2.24, 2.45) is 11.7 Å². The molecule has 6 N–H and O–H groups in total. The minimum absolute atomic E-state index is 0.0479. The smallest absolute Gasteiger partial charge is 0.252 e. The maximum atomic E-state index is 12.9. The van der Waals surface area contributed by atoms with Crippen LogP contribution in [0.2, 0.25) is 0 Å². The Balaban J connectivity index is 1.68. The highest BCUT2D eigenvalue weighted by atomic mass is 16.7. The van der Waals surface area contributed by atoms with Crippen molar-refractivity contribution >= 4 is 11.8 Å². The highest BCUT2D eigenvalue weighted by molar-refractivity contribution is 5.99. The SMILES string of the molecule is NC(=O)c1c(C2C[C@H](O)C(O)CC2NC(=O)C2CCCCC2)cc2c(c1O)OCO2. The molecule has 2 saturated carbocycles. The van der Waals surface area contributed by atoms with Crippen LogP contribution < -0.4 is 20.5 Å². The van der Waals surface area contributed by atoms with Gasteiger partial charge in [-0.15, -0.1) is 0 Å². The van der Waals surface area contributed by atoms with Gasteiger partial charge in [0.1, 0.15) is 0 Å². The summed E-state index contributed by atoms with van der Waals surface area (Å²) in [7, 11) is 0. The molecule has 2 aliphatic carbocycles. The summed E-state index contributed by atoms with van der Waals surface area (Å²) in [6.07, 6.45) is 2.97. The first-order valence-corrected chi connectivity index (χ1v) is 10.5. The van der Waals surface area contributed by atoms with Crippen LogP contribution in [0.4, 0.5) is 0 Å². The summed E-state index contributed by atoms with van der Waals surface area (Å²) >= 11 is 0. The molecule has 2 fully saturated rings. The predicted molar refractivity (Wildman–Crippen MR) is 105 cm³/mol. The molecule has 2 amide bonds. The lowest BCUT2D eigenvalue weighted by molar-refractivity contribution is -0.128. The van der Waals surface area contributed by atoms with Crippen LogP contribution in [0.15, 0.2) is 6.07 Å². The van der Waals surface area contributed by atoms with E-state index in [1.54, 1.807) is 6.07 Å². The Hall–Kier alpha value is -2.52. The van der Waals surface area contributed by atoms with Crippen LogP contribution in [-0.2, 0) is 4.79 Å². The van der Waals surface area contributed by atoms with Crippen molar-refractivity contribution in [2.75, 3.05) is 6.79 Å². The summed E-state index contributed by atoms with van der Waals surface area (Å²) in [5.41, 5.74) is 5.79. The lowest BCUT2D eigenvalue weighted by atomic mass is 9.75. The predicted octanol–water partition coefficient (Wildman–Crippen LogP) is 0.884. The molecule has 0 spiro atoms. The summed E-state index contributed by atoms with van der Waals surface area (Å²) in [6.45, 7) is -0.0988. The number of benzene rings is 1. The van der Waals surface area contributed by atoms with E-state index in [0.29, 0.717) is 5.56 Å². The Labute approximate surface area is 174 Å². The van der Waals surface area contributed by atoms with E-state index in [-0.39, 0.29) is 48.5 Å². The second kappa shape index (κ2) is 8.31. The Morgan fingerprint density at radius 3 is 2.47 bits per heavy atom. The molecule has 4 atom stereocenters. The summed E-state index contributed by atoms with van der Waals surface area (Å²) in [6, 6.07) is 1.03. The van der Waals surface area contributed by atoms with Crippen molar-refractivity contribution in [1.82, 2.24) is 5.32 Å². The van der Waals surface area contributed by atoms with Crippen LogP contribution >= 0.6 is 0 Å². The molecule has 164 valence electrons. The van der Waals surface area contributed by atoms with Gasteiger partial charge in [0.05, 0.1) is 17.8 Å². The lowest BCUT2D eigenvalue weighted by Crippen LogP contribution is -2.50. The monoisotopic (exact) mass is 420 g/mol. The van der Waals surface area contributed by atoms with E-state index in [0.717, 1.165) is 32.1 Å². The first-order chi connectivity index (χ1) is 14.4. The molecular formula is C21H28N2O7. The minimum atomic E-state index is -1.04. The first kappa shape index (κ1) is 20.7. The van der Waals surface area contributed by atoms with Gasteiger partial charge in [-0.3, -0.25) is 9.59 Å². The molecule has 1 aromatic carbocycles. The zero-order chi connectivity index (χ0) is 21.4. The van der Waals surface area contributed by atoms with Crippen LogP contribution in [0.5, 0.6) is 17.2 Å². The minimum Gasteiger partial charge on any atom is -0.504 e. The number of primary amides is 1. The van der Waals surface area contributed by atoms with Gasteiger partial charge in [-0.25, -0.2) is 0 Å². The molecule has 3 unspecified atom stereocenters. The first-order valence-electron chi connectivity index (χ1n) is 10.5. The Morgan fingerprint density at radius 1 is 1.07 bits per heavy atom. The number of aliphatic hydroxyl groups excluding tert-OH is 2. The van der Waals surface area contributed by atoms with Crippen LogP contribution in [0.3, 0.4) is 0 Å². The number of rotatable bonds is 4. The topological polar surface area (TPSA) is 151 Å². The number of carbonyl (C=O) groups is 2. The third-order valence-electron chi connectivity index (χ3n) is 6.54. The van der Waals surface area contributed by atoms with Gasteiger partial charge in [-0.05, 0) is 37.3 Å². The number of nitrogens with two attached hydrogens (primary N) is 1. The summed E-state index contributed by atoms with van der Waals surface area (Å²) < 4.78 is 10.6. The quantitative estimate of drug-likeness (QED) is 0.485. The number of fused-ring (bicyclic) bond motifs is 1. The van der Waals surface area contributed by atoms with Crippen molar-refractivity contribution in [2.45, 2.75) is 69.1 Å². The third kappa shape index (κ3) is 3.79. The van der Waals surface area contributed by atoms with Crippen molar-refractivity contribution in [3.8, 4) is 17.2 Å². The molecule has 9 heteroatoms. The van der Waals surface area contributed by atoms with Gasteiger partial charge in [-0.1, -0.05) is 19.3 Å². The maximum Gasteiger partial charge on any atom is 0.252 e. The Kier molecular flexibility index (Phi) is 5.75. The number of nitrogens with one attached hydrogen (secondary N) is 1. The average Bonchev–Trinajstić information content (AvgIpc) is 3.20. The van der Waals surface area contributed by atoms with E-state index in [9.17, 15) is 24.9 Å². The highest BCUT2D eigenvalue weighted by Crippen LogP contribution is 2.48. The number of aromatic hydroxyl groups is 1. The highest BCUT2D eigenvalue weighted by Gasteiger charge is 2.41. The molecule has 30 heavy (non-hydrogen) atoms. The molecule has 4 rings (SSSR count). The second-order valence-corrected chi connectivity index (χ2v) is 8.45. The number of hydrogen-bond acceptors (Lipinski definition) is 7. The normalized spacial score (nSPS) is 28.9. The van der Waals surface area contributed by atoms with Crippen molar-refractivity contribution in [3.05, 3.63) is 17.2 Å². The molecule has 0 radical (unpaired) electrons. The molecule has 1 aromatic rings. The number of amides is 2. The van der Waals surface area contributed by atoms with Gasteiger partial charge < -0.3 is 35.8 Å². The van der Waals surface area contributed by atoms with Gasteiger partial charge in [-0.2, -0.15) is 0 Å².